The second-order valence-corrected chi connectivity index (χ2v) is 5.98. The molecule has 26 heavy (non-hydrogen) atoms. The van der Waals surface area contributed by atoms with Crippen LogP contribution in [0.1, 0.15) is 32.6 Å². The topological polar surface area (TPSA) is 80.4 Å². The second-order valence-electron chi connectivity index (χ2n) is 5.98. The molecule has 1 aliphatic rings. The summed E-state index contributed by atoms with van der Waals surface area (Å²) >= 11 is 0. The van der Waals surface area contributed by atoms with E-state index in [1.165, 1.54) is 12.1 Å². The van der Waals surface area contributed by atoms with Crippen molar-refractivity contribution in [2.75, 3.05) is 0 Å². The van der Waals surface area contributed by atoms with Gasteiger partial charge in [-0.15, -0.1) is 0 Å². The lowest BCUT2D eigenvalue weighted by atomic mass is 9.80. The van der Waals surface area contributed by atoms with Crippen molar-refractivity contribution in [3.8, 4) is 5.75 Å². The Morgan fingerprint density at radius 3 is 1.92 bits per heavy atom. The molecule has 0 saturated heterocycles. The van der Waals surface area contributed by atoms with Gasteiger partial charge in [0.05, 0.1) is 4.92 Å². The third kappa shape index (κ3) is 2.46. The van der Waals surface area contributed by atoms with Crippen LogP contribution in [-0.4, -0.2) is 15.8 Å². The predicted octanol–water partition coefficient (Wildman–Crippen LogP) is 4.43. The normalized spacial score (nSPS) is 12.3. The molecule has 0 fully saturated rings. The fourth-order valence-electron chi connectivity index (χ4n) is 3.22. The summed E-state index contributed by atoms with van der Waals surface area (Å²) in [4.78, 5) is 23.2. The second kappa shape index (κ2) is 5.97. The van der Waals surface area contributed by atoms with Crippen molar-refractivity contribution in [1.29, 1.82) is 0 Å². The van der Waals surface area contributed by atoms with Crippen molar-refractivity contribution >= 4 is 23.1 Å². The van der Waals surface area contributed by atoms with E-state index in [0.29, 0.717) is 16.7 Å². The monoisotopic (exact) mass is 343 g/mol. The van der Waals surface area contributed by atoms with Gasteiger partial charge >= 0.3 is 5.69 Å². The van der Waals surface area contributed by atoms with E-state index in [1.807, 2.05) is 36.4 Å². The summed E-state index contributed by atoms with van der Waals surface area (Å²) in [5, 5.41) is 20.7. The van der Waals surface area contributed by atoms with Gasteiger partial charge in [-0.05, 0) is 34.4 Å². The number of nitro groups is 1. The molecule has 0 atom stereocenters. The van der Waals surface area contributed by atoms with Crippen LogP contribution in [0.5, 0.6) is 5.75 Å². The Bertz CT molecular complexity index is 1050. The van der Waals surface area contributed by atoms with Gasteiger partial charge in [0.25, 0.3) is 0 Å². The van der Waals surface area contributed by atoms with Crippen LogP contribution >= 0.6 is 0 Å². The lowest BCUT2D eigenvalue weighted by Crippen LogP contribution is -2.14. The van der Waals surface area contributed by atoms with E-state index in [0.717, 1.165) is 16.7 Å². The van der Waals surface area contributed by atoms with Crippen molar-refractivity contribution in [1.82, 2.24) is 0 Å². The van der Waals surface area contributed by atoms with Gasteiger partial charge in [0.1, 0.15) is 0 Å². The zero-order valence-electron chi connectivity index (χ0n) is 13.5. The number of aromatic hydroxyl groups is 1. The molecule has 5 nitrogen and oxygen atoms in total. The third-order valence-corrected chi connectivity index (χ3v) is 4.43. The number of hydrogen-bond donors (Lipinski definition) is 1. The highest BCUT2D eigenvalue weighted by atomic mass is 16.6. The quantitative estimate of drug-likeness (QED) is 0.431. The van der Waals surface area contributed by atoms with Crippen LogP contribution in [-0.2, 0) is 0 Å². The molecule has 0 amide bonds. The van der Waals surface area contributed by atoms with Gasteiger partial charge in [-0.1, -0.05) is 54.6 Å². The molecule has 5 heteroatoms. The standard InChI is InChI=1S/C21H13NO4/c23-20-10-9-13(12-19(20)22(25)26)11-18-14-5-1-3-7-16(14)21(24)17-8-4-2-6-15(17)18/h1-12,23H. The molecule has 0 saturated carbocycles. The largest absolute Gasteiger partial charge is 0.502 e. The van der Waals surface area contributed by atoms with Gasteiger partial charge in [-0.2, -0.15) is 0 Å². The van der Waals surface area contributed by atoms with Gasteiger partial charge in [0, 0.05) is 17.2 Å². The average Bonchev–Trinajstić information content (AvgIpc) is 2.66. The lowest BCUT2D eigenvalue weighted by Gasteiger charge is -2.21. The molecule has 1 N–H and O–H groups in total. The number of rotatable bonds is 2. The maximum atomic E-state index is 12.7. The molecule has 3 aromatic carbocycles. The van der Waals surface area contributed by atoms with Gasteiger partial charge in [0.2, 0.25) is 0 Å². The maximum Gasteiger partial charge on any atom is 0.311 e. The SMILES string of the molecule is O=C1c2ccccc2C(=Cc2ccc(O)c([N+](=O)[O-])c2)c2ccccc21. The summed E-state index contributed by atoms with van der Waals surface area (Å²) in [6.07, 6.45) is 1.80. The molecule has 126 valence electrons. The number of carbonyl (C=O) groups is 1. The molecule has 4 rings (SSSR count). The Kier molecular flexibility index (Phi) is 3.62. The highest BCUT2D eigenvalue weighted by Gasteiger charge is 2.26. The summed E-state index contributed by atoms with van der Waals surface area (Å²) in [5.74, 6) is -0.415. The van der Waals surface area contributed by atoms with E-state index >= 15 is 0 Å². The number of phenolic OH excluding ortho intramolecular Hbond substituents is 1. The summed E-state index contributed by atoms with van der Waals surface area (Å²) in [6.45, 7) is 0. The first-order valence-electron chi connectivity index (χ1n) is 7.99. The maximum absolute atomic E-state index is 12.7. The minimum absolute atomic E-state index is 0.0370. The van der Waals surface area contributed by atoms with Crippen LogP contribution in [0.4, 0.5) is 5.69 Å². The number of hydrogen-bond acceptors (Lipinski definition) is 4. The number of nitro benzene ring substituents is 1. The molecule has 1 aliphatic carbocycles. The smallest absolute Gasteiger partial charge is 0.311 e. The molecule has 0 radical (unpaired) electrons. The number of phenols is 1. The fraction of sp³-hybridized carbons (Fsp3) is 0. The van der Waals surface area contributed by atoms with Crippen molar-refractivity contribution in [2.24, 2.45) is 0 Å². The van der Waals surface area contributed by atoms with Crippen LogP contribution in [0.15, 0.2) is 66.7 Å². The Balaban J connectivity index is 1.96. The summed E-state index contributed by atoms with van der Waals surface area (Å²) in [7, 11) is 0. The number of nitrogens with zero attached hydrogens (tertiary/aromatic N) is 1. The molecule has 0 spiro atoms. The molecule has 0 aliphatic heterocycles. The number of fused-ring (bicyclic) bond motifs is 2. The third-order valence-electron chi connectivity index (χ3n) is 4.43. The molecule has 0 bridgehead atoms. The van der Waals surface area contributed by atoms with Crippen molar-refractivity contribution in [3.63, 3.8) is 0 Å². The molecule has 0 heterocycles. The molecular formula is C21H13NO4. The van der Waals surface area contributed by atoms with Crippen LogP contribution in [0, 0.1) is 10.1 Å². The van der Waals surface area contributed by atoms with Crippen molar-refractivity contribution in [3.05, 3.63) is 105 Å². The van der Waals surface area contributed by atoms with Crippen LogP contribution in [0.3, 0.4) is 0 Å². The van der Waals surface area contributed by atoms with Gasteiger partial charge < -0.3 is 5.11 Å². The summed E-state index contributed by atoms with van der Waals surface area (Å²) in [5.41, 5.74) is 3.81. The molecule has 0 aromatic heterocycles. The first kappa shape index (κ1) is 15.8. The zero-order valence-corrected chi connectivity index (χ0v) is 13.5. The van der Waals surface area contributed by atoms with Crippen LogP contribution in [0.25, 0.3) is 11.6 Å². The average molecular weight is 343 g/mol. The van der Waals surface area contributed by atoms with Crippen LogP contribution in [0.2, 0.25) is 0 Å². The zero-order chi connectivity index (χ0) is 18.3. The Labute approximate surface area is 149 Å². The van der Waals surface area contributed by atoms with E-state index in [4.69, 9.17) is 0 Å². The van der Waals surface area contributed by atoms with E-state index in [2.05, 4.69) is 0 Å². The first-order valence-corrected chi connectivity index (χ1v) is 7.99. The number of benzene rings is 3. The first-order chi connectivity index (χ1) is 12.6. The van der Waals surface area contributed by atoms with E-state index in [-0.39, 0.29) is 17.2 Å². The molecule has 0 unspecified atom stereocenters. The number of carbonyl (C=O) groups excluding carboxylic acids is 1. The van der Waals surface area contributed by atoms with E-state index in [9.17, 15) is 20.0 Å². The van der Waals surface area contributed by atoms with E-state index < -0.39 is 4.92 Å². The summed E-state index contributed by atoms with van der Waals surface area (Å²) < 4.78 is 0. The highest BCUT2D eigenvalue weighted by molar-refractivity contribution is 6.20. The van der Waals surface area contributed by atoms with Crippen LogP contribution < -0.4 is 0 Å². The van der Waals surface area contributed by atoms with Gasteiger partial charge in [-0.3, -0.25) is 14.9 Å². The van der Waals surface area contributed by atoms with Crippen molar-refractivity contribution < 1.29 is 14.8 Å². The minimum Gasteiger partial charge on any atom is -0.502 e. The molecular weight excluding hydrogens is 330 g/mol. The fourth-order valence-corrected chi connectivity index (χ4v) is 3.22. The Morgan fingerprint density at radius 2 is 1.38 bits per heavy atom. The Morgan fingerprint density at radius 1 is 0.846 bits per heavy atom. The van der Waals surface area contributed by atoms with Gasteiger partial charge in [-0.25, -0.2) is 0 Å². The predicted molar refractivity (Wildman–Crippen MR) is 98.1 cm³/mol. The van der Waals surface area contributed by atoms with E-state index in [1.54, 1.807) is 24.3 Å². The minimum atomic E-state index is -0.621. The molecule has 3 aromatic rings. The summed E-state index contributed by atoms with van der Waals surface area (Å²) in [6, 6.07) is 18.9. The van der Waals surface area contributed by atoms with Gasteiger partial charge in [0.15, 0.2) is 11.5 Å². The highest BCUT2D eigenvalue weighted by Crippen LogP contribution is 2.37. The lowest BCUT2D eigenvalue weighted by molar-refractivity contribution is -0.385. The number of ketones is 1. The van der Waals surface area contributed by atoms with Crippen molar-refractivity contribution in [2.45, 2.75) is 0 Å². The Hall–Kier alpha value is -3.73.